The van der Waals surface area contributed by atoms with Crippen molar-refractivity contribution in [3.8, 4) is 0 Å². The normalized spacial score (nSPS) is 16.0. The fourth-order valence-corrected chi connectivity index (χ4v) is 2.20. The molecule has 0 unspecified atom stereocenters. The van der Waals surface area contributed by atoms with Crippen LogP contribution in [0, 0.1) is 12.0 Å². The van der Waals surface area contributed by atoms with Crippen molar-refractivity contribution in [1.82, 2.24) is 0 Å². The molecule has 86 valence electrons. The highest BCUT2D eigenvalue weighted by Crippen LogP contribution is 2.28. The molecule has 3 rings (SSSR count). The molecule has 0 saturated carbocycles. The highest BCUT2D eigenvalue weighted by atomic mass is 14.2. The van der Waals surface area contributed by atoms with Crippen molar-refractivity contribution in [1.29, 1.82) is 0 Å². The van der Waals surface area contributed by atoms with E-state index in [1.165, 1.54) is 17.0 Å². The van der Waals surface area contributed by atoms with Crippen LogP contribution in [-0.4, -0.2) is 0 Å². The van der Waals surface area contributed by atoms with Gasteiger partial charge in [-0.1, -0.05) is 78.9 Å². The van der Waals surface area contributed by atoms with E-state index < -0.39 is 0 Å². The van der Waals surface area contributed by atoms with Gasteiger partial charge in [0.15, 0.2) is 0 Å². The van der Waals surface area contributed by atoms with Crippen LogP contribution in [0.5, 0.6) is 0 Å². The lowest BCUT2D eigenvalue weighted by Crippen LogP contribution is -2.00. The third-order valence-electron chi connectivity index (χ3n) is 3.20. The number of hydrogen-bond donors (Lipinski definition) is 0. The second-order valence-corrected chi connectivity index (χ2v) is 4.40. The molecule has 18 heavy (non-hydrogen) atoms. The van der Waals surface area contributed by atoms with Gasteiger partial charge in [0.2, 0.25) is 0 Å². The predicted molar refractivity (Wildman–Crippen MR) is 75.1 cm³/mol. The summed E-state index contributed by atoms with van der Waals surface area (Å²) in [7, 11) is 0. The zero-order valence-electron chi connectivity index (χ0n) is 10.1. The van der Waals surface area contributed by atoms with E-state index in [1.807, 2.05) is 18.2 Å². The molecule has 0 aliphatic heterocycles. The molecule has 0 amide bonds. The Morgan fingerprint density at radius 3 is 2.11 bits per heavy atom. The molecule has 0 N–H and O–H groups in total. The summed E-state index contributed by atoms with van der Waals surface area (Å²) in [6, 6.07) is 21.7. The number of allylic oxidation sites excluding steroid dienone is 4. The Morgan fingerprint density at radius 1 is 0.778 bits per heavy atom. The first-order valence-corrected chi connectivity index (χ1v) is 6.18. The zero-order valence-corrected chi connectivity index (χ0v) is 10.1. The van der Waals surface area contributed by atoms with Crippen molar-refractivity contribution >= 4 is 0 Å². The average Bonchev–Trinajstić information content (AvgIpc) is 2.49. The average molecular weight is 230 g/mol. The van der Waals surface area contributed by atoms with Crippen LogP contribution >= 0.6 is 0 Å². The summed E-state index contributed by atoms with van der Waals surface area (Å²) in [5, 5.41) is 0. The lowest BCUT2D eigenvalue weighted by molar-refractivity contribution is 1.05. The Kier molecular flexibility index (Phi) is 3.10. The maximum atomic E-state index is 3.05. The smallest absolute Gasteiger partial charge is 0.0479 e. The van der Waals surface area contributed by atoms with Crippen molar-refractivity contribution in [2.45, 2.75) is 5.92 Å². The van der Waals surface area contributed by atoms with Gasteiger partial charge in [-0.3, -0.25) is 0 Å². The summed E-state index contributed by atoms with van der Waals surface area (Å²) < 4.78 is 0. The SMILES string of the molecule is [c]1ccc(C2C=C[C](c3ccccc3)C=C2)cc1. The van der Waals surface area contributed by atoms with Gasteiger partial charge in [0.05, 0.1) is 0 Å². The van der Waals surface area contributed by atoms with Crippen LogP contribution in [0.15, 0.2) is 78.9 Å². The van der Waals surface area contributed by atoms with Crippen molar-refractivity contribution in [3.63, 3.8) is 0 Å². The molecule has 0 spiro atoms. The van der Waals surface area contributed by atoms with E-state index in [4.69, 9.17) is 0 Å². The summed E-state index contributed by atoms with van der Waals surface area (Å²) in [4.78, 5) is 0. The molecule has 0 heterocycles. The van der Waals surface area contributed by atoms with Gasteiger partial charge >= 0.3 is 0 Å². The first-order chi connectivity index (χ1) is 8.93. The maximum Gasteiger partial charge on any atom is 0.0479 e. The summed E-state index contributed by atoms with van der Waals surface area (Å²) in [5.74, 6) is 1.65. The topological polar surface area (TPSA) is 0 Å². The molecular weight excluding hydrogens is 216 g/mol. The molecule has 0 aromatic heterocycles. The van der Waals surface area contributed by atoms with E-state index in [2.05, 4.69) is 66.8 Å². The Balaban J connectivity index is 1.79. The fourth-order valence-electron chi connectivity index (χ4n) is 2.20. The minimum atomic E-state index is 0.382. The fraction of sp³-hybridized carbons (Fsp3) is 0.0556. The van der Waals surface area contributed by atoms with Crippen LogP contribution in [0.25, 0.3) is 0 Å². The summed E-state index contributed by atoms with van der Waals surface area (Å²) in [6.45, 7) is 0. The van der Waals surface area contributed by atoms with Crippen molar-refractivity contribution in [3.05, 3.63) is 102 Å². The van der Waals surface area contributed by atoms with Gasteiger partial charge in [0, 0.05) is 11.8 Å². The Hall–Kier alpha value is -2.08. The van der Waals surface area contributed by atoms with Crippen LogP contribution in [0.1, 0.15) is 17.0 Å². The quantitative estimate of drug-likeness (QED) is 0.720. The summed E-state index contributed by atoms with van der Waals surface area (Å²) in [5.41, 5.74) is 2.58. The third-order valence-corrected chi connectivity index (χ3v) is 3.20. The highest BCUT2D eigenvalue weighted by Gasteiger charge is 2.12. The molecule has 0 bridgehead atoms. The van der Waals surface area contributed by atoms with Crippen LogP contribution in [0.4, 0.5) is 0 Å². The molecular formula is C18H14. The molecule has 2 aromatic carbocycles. The Labute approximate surface area is 108 Å². The van der Waals surface area contributed by atoms with Gasteiger partial charge < -0.3 is 0 Å². The van der Waals surface area contributed by atoms with E-state index in [1.54, 1.807) is 0 Å². The lowest BCUT2D eigenvalue weighted by atomic mass is 9.87. The van der Waals surface area contributed by atoms with E-state index in [0.29, 0.717) is 5.92 Å². The molecule has 0 saturated heterocycles. The molecule has 0 nitrogen and oxygen atoms in total. The standard InChI is InChI=1S/C18H14/c1-3-7-15(8-4-1)17-11-13-18(14-12-17)16-9-5-2-6-10-16/h1,3-14,18H. The number of benzene rings is 2. The van der Waals surface area contributed by atoms with E-state index in [9.17, 15) is 0 Å². The van der Waals surface area contributed by atoms with E-state index in [-0.39, 0.29) is 0 Å². The maximum absolute atomic E-state index is 3.05. The van der Waals surface area contributed by atoms with Crippen LogP contribution < -0.4 is 0 Å². The number of hydrogen-bond acceptors (Lipinski definition) is 0. The molecule has 2 radical (unpaired) electrons. The van der Waals surface area contributed by atoms with Crippen molar-refractivity contribution in [2.24, 2.45) is 0 Å². The van der Waals surface area contributed by atoms with Gasteiger partial charge in [-0.15, -0.1) is 0 Å². The molecule has 2 aromatic rings. The minimum Gasteiger partial charge on any atom is -0.0760 e. The molecule has 1 aliphatic rings. The van der Waals surface area contributed by atoms with Gasteiger partial charge in [-0.25, -0.2) is 0 Å². The largest absolute Gasteiger partial charge is 0.0760 e. The second kappa shape index (κ2) is 5.05. The Bertz CT molecular complexity index is 484. The highest BCUT2D eigenvalue weighted by molar-refractivity contribution is 5.48. The molecule has 0 fully saturated rings. The first-order valence-electron chi connectivity index (χ1n) is 6.18. The summed E-state index contributed by atoms with van der Waals surface area (Å²) in [6.07, 6.45) is 8.91. The van der Waals surface area contributed by atoms with E-state index >= 15 is 0 Å². The van der Waals surface area contributed by atoms with Crippen LogP contribution in [-0.2, 0) is 0 Å². The lowest BCUT2D eigenvalue weighted by Gasteiger charge is -2.16. The Morgan fingerprint density at radius 2 is 1.44 bits per heavy atom. The van der Waals surface area contributed by atoms with Crippen molar-refractivity contribution in [2.75, 3.05) is 0 Å². The monoisotopic (exact) mass is 230 g/mol. The van der Waals surface area contributed by atoms with Gasteiger partial charge in [-0.05, 0) is 17.2 Å². The molecule has 0 atom stereocenters. The third kappa shape index (κ3) is 2.28. The van der Waals surface area contributed by atoms with E-state index in [0.717, 1.165) is 0 Å². The molecule has 0 heteroatoms. The van der Waals surface area contributed by atoms with Gasteiger partial charge in [0.1, 0.15) is 0 Å². The van der Waals surface area contributed by atoms with Crippen LogP contribution in [0.3, 0.4) is 0 Å². The first kappa shape index (κ1) is 11.0. The zero-order chi connectivity index (χ0) is 12.2. The van der Waals surface area contributed by atoms with Gasteiger partial charge in [0.25, 0.3) is 0 Å². The van der Waals surface area contributed by atoms with Crippen molar-refractivity contribution < 1.29 is 0 Å². The second-order valence-electron chi connectivity index (χ2n) is 4.40. The minimum absolute atomic E-state index is 0.382. The predicted octanol–water partition coefficient (Wildman–Crippen LogP) is 4.32. The summed E-state index contributed by atoms with van der Waals surface area (Å²) >= 11 is 0. The molecule has 1 aliphatic carbocycles. The van der Waals surface area contributed by atoms with Gasteiger partial charge in [-0.2, -0.15) is 0 Å². The number of rotatable bonds is 2. The van der Waals surface area contributed by atoms with Crippen LogP contribution in [0.2, 0.25) is 0 Å².